The van der Waals surface area contributed by atoms with Gasteiger partial charge in [0.25, 0.3) is 0 Å². The van der Waals surface area contributed by atoms with Crippen LogP contribution in [0, 0.1) is 29.2 Å². The Morgan fingerprint density at radius 2 is 1.69 bits per heavy atom. The van der Waals surface area contributed by atoms with E-state index in [0.29, 0.717) is 46.6 Å². The van der Waals surface area contributed by atoms with Gasteiger partial charge < -0.3 is 15.6 Å². The van der Waals surface area contributed by atoms with Gasteiger partial charge in [0, 0.05) is 29.5 Å². The van der Waals surface area contributed by atoms with Crippen LogP contribution in [0.5, 0.6) is 0 Å². The number of nitrogens with two attached hydrogens (primary N) is 1. The maximum absolute atomic E-state index is 15.2. The van der Waals surface area contributed by atoms with Crippen molar-refractivity contribution in [3.8, 4) is 0 Å². The standard InChI is InChI=1S/C27H29F4N5/c1-2-3-8-20-35-25-26(16-6-4-5-7-19(16)34-27(25)32)36(20)14-18-23(30)21(28)17(22(29)24(18)31)13-33-12-11-15-9-10-15/h4-7,15,33H,2-3,8-14H2,1H3,(H2,32,34). The molecule has 2 aromatic heterocycles. The summed E-state index contributed by atoms with van der Waals surface area (Å²) in [5.74, 6) is -4.16. The number of nitrogens with one attached hydrogen (secondary N) is 1. The molecule has 2 heterocycles. The van der Waals surface area contributed by atoms with E-state index in [-0.39, 0.29) is 12.4 Å². The lowest BCUT2D eigenvalue weighted by molar-refractivity contribution is 0.415. The number of pyridine rings is 1. The van der Waals surface area contributed by atoms with Crippen LogP contribution in [-0.4, -0.2) is 21.1 Å². The molecule has 4 aromatic rings. The summed E-state index contributed by atoms with van der Waals surface area (Å²) in [5.41, 5.74) is 6.41. The van der Waals surface area contributed by atoms with Crippen molar-refractivity contribution in [1.82, 2.24) is 19.9 Å². The van der Waals surface area contributed by atoms with Gasteiger partial charge in [0.05, 0.1) is 17.6 Å². The molecule has 190 valence electrons. The van der Waals surface area contributed by atoms with E-state index in [1.165, 1.54) is 0 Å². The Hall–Kier alpha value is -3.20. The Balaban J connectivity index is 1.58. The van der Waals surface area contributed by atoms with Gasteiger partial charge in [-0.2, -0.15) is 0 Å². The molecule has 1 fully saturated rings. The number of anilines is 1. The highest BCUT2D eigenvalue weighted by Gasteiger charge is 2.27. The maximum Gasteiger partial charge on any atom is 0.167 e. The molecule has 0 amide bonds. The lowest BCUT2D eigenvalue weighted by atomic mass is 10.1. The first kappa shape index (κ1) is 24.5. The maximum atomic E-state index is 15.2. The van der Waals surface area contributed by atoms with E-state index < -0.39 is 40.9 Å². The topological polar surface area (TPSA) is 68.8 Å². The molecule has 1 aliphatic carbocycles. The zero-order chi connectivity index (χ0) is 25.4. The van der Waals surface area contributed by atoms with E-state index in [0.717, 1.165) is 32.1 Å². The number of fused-ring (bicyclic) bond motifs is 3. The van der Waals surface area contributed by atoms with Crippen LogP contribution in [0.25, 0.3) is 21.9 Å². The van der Waals surface area contributed by atoms with Crippen molar-refractivity contribution in [2.45, 2.75) is 58.5 Å². The molecule has 0 atom stereocenters. The Morgan fingerprint density at radius 1 is 1.00 bits per heavy atom. The van der Waals surface area contributed by atoms with Gasteiger partial charge in [0.2, 0.25) is 0 Å². The van der Waals surface area contributed by atoms with E-state index in [9.17, 15) is 8.78 Å². The van der Waals surface area contributed by atoms with E-state index >= 15 is 8.78 Å². The number of imidazole rings is 1. The zero-order valence-electron chi connectivity index (χ0n) is 20.2. The Kier molecular flexibility index (Phi) is 6.83. The molecule has 0 spiro atoms. The van der Waals surface area contributed by atoms with E-state index in [1.807, 2.05) is 19.1 Å². The van der Waals surface area contributed by atoms with Crippen LogP contribution < -0.4 is 11.1 Å². The number of nitrogen functional groups attached to an aromatic ring is 1. The zero-order valence-corrected chi connectivity index (χ0v) is 20.2. The SMILES string of the molecule is CCCCc1nc2c(N)nc3ccccc3c2n1Cc1c(F)c(F)c(CNCCC2CC2)c(F)c1F. The number of nitrogens with zero attached hydrogens (tertiary/aromatic N) is 3. The highest BCUT2D eigenvalue weighted by Crippen LogP contribution is 2.33. The molecule has 0 radical (unpaired) electrons. The van der Waals surface area contributed by atoms with Crippen LogP contribution in [0.3, 0.4) is 0 Å². The summed E-state index contributed by atoms with van der Waals surface area (Å²) in [5, 5.41) is 3.60. The number of hydrogen-bond acceptors (Lipinski definition) is 4. The second-order valence-corrected chi connectivity index (χ2v) is 9.55. The third-order valence-electron chi connectivity index (χ3n) is 6.93. The number of hydrogen-bond donors (Lipinski definition) is 2. The summed E-state index contributed by atoms with van der Waals surface area (Å²) >= 11 is 0. The number of rotatable bonds is 10. The summed E-state index contributed by atoms with van der Waals surface area (Å²) in [7, 11) is 0. The number of para-hydroxylation sites is 1. The van der Waals surface area contributed by atoms with Crippen LogP contribution in [0.15, 0.2) is 24.3 Å². The second kappa shape index (κ2) is 10.0. The summed E-state index contributed by atoms with van der Waals surface area (Å²) in [6, 6.07) is 7.21. The highest BCUT2D eigenvalue weighted by atomic mass is 19.2. The largest absolute Gasteiger partial charge is 0.382 e. The minimum Gasteiger partial charge on any atom is -0.382 e. The first-order valence-electron chi connectivity index (χ1n) is 12.5. The van der Waals surface area contributed by atoms with Gasteiger partial charge in [0.1, 0.15) is 11.3 Å². The van der Waals surface area contributed by atoms with Crippen molar-refractivity contribution in [2.24, 2.45) is 5.92 Å². The van der Waals surface area contributed by atoms with E-state index in [2.05, 4.69) is 15.3 Å². The highest BCUT2D eigenvalue weighted by molar-refractivity contribution is 6.06. The normalized spacial score (nSPS) is 13.8. The third-order valence-corrected chi connectivity index (χ3v) is 6.93. The summed E-state index contributed by atoms with van der Waals surface area (Å²) in [6.07, 6.45) is 5.34. The van der Waals surface area contributed by atoms with Crippen LogP contribution in [0.4, 0.5) is 23.4 Å². The number of aryl methyl sites for hydroxylation is 1. The van der Waals surface area contributed by atoms with Gasteiger partial charge in [0.15, 0.2) is 29.1 Å². The van der Waals surface area contributed by atoms with Gasteiger partial charge >= 0.3 is 0 Å². The molecule has 0 saturated heterocycles. The molecule has 0 aliphatic heterocycles. The quantitative estimate of drug-likeness (QED) is 0.159. The molecule has 1 saturated carbocycles. The molecule has 1 aliphatic rings. The van der Waals surface area contributed by atoms with Crippen LogP contribution in [-0.2, 0) is 19.5 Å². The van der Waals surface area contributed by atoms with Crippen molar-refractivity contribution in [3.05, 3.63) is 64.5 Å². The number of unbranched alkanes of at least 4 members (excludes halogenated alkanes) is 1. The van der Waals surface area contributed by atoms with Crippen LogP contribution in [0.1, 0.15) is 56.0 Å². The lowest BCUT2D eigenvalue weighted by Gasteiger charge is -2.15. The average molecular weight is 500 g/mol. The van der Waals surface area contributed by atoms with Crippen molar-refractivity contribution in [2.75, 3.05) is 12.3 Å². The first-order chi connectivity index (χ1) is 17.4. The second-order valence-electron chi connectivity index (χ2n) is 9.55. The fourth-order valence-corrected chi connectivity index (χ4v) is 4.70. The van der Waals surface area contributed by atoms with Crippen molar-refractivity contribution < 1.29 is 17.6 Å². The van der Waals surface area contributed by atoms with Gasteiger partial charge in [-0.05, 0) is 31.4 Å². The predicted molar refractivity (Wildman–Crippen MR) is 132 cm³/mol. The molecule has 5 nitrogen and oxygen atoms in total. The minimum atomic E-state index is -1.39. The lowest BCUT2D eigenvalue weighted by Crippen LogP contribution is -2.20. The Labute approximate surface area is 206 Å². The number of benzene rings is 2. The first-order valence-corrected chi connectivity index (χ1v) is 12.5. The Morgan fingerprint density at radius 3 is 2.39 bits per heavy atom. The van der Waals surface area contributed by atoms with Crippen LogP contribution >= 0.6 is 0 Å². The van der Waals surface area contributed by atoms with Crippen molar-refractivity contribution >= 4 is 27.8 Å². The molecule has 36 heavy (non-hydrogen) atoms. The van der Waals surface area contributed by atoms with E-state index in [1.54, 1.807) is 16.7 Å². The molecular weight excluding hydrogens is 470 g/mol. The predicted octanol–water partition coefficient (Wildman–Crippen LogP) is 6.00. The molecular formula is C27H29F4N5. The van der Waals surface area contributed by atoms with Crippen LogP contribution in [0.2, 0.25) is 0 Å². The summed E-state index contributed by atoms with van der Waals surface area (Å²) in [6.45, 7) is 1.85. The smallest absolute Gasteiger partial charge is 0.167 e. The van der Waals surface area contributed by atoms with Gasteiger partial charge in [-0.3, -0.25) is 0 Å². The molecule has 2 aromatic carbocycles. The molecule has 5 rings (SSSR count). The minimum absolute atomic E-state index is 0.186. The molecule has 0 unspecified atom stereocenters. The third kappa shape index (κ3) is 4.52. The average Bonchev–Trinajstić information content (AvgIpc) is 3.63. The molecule has 0 bridgehead atoms. The fraction of sp³-hybridized carbons (Fsp3) is 0.407. The van der Waals surface area contributed by atoms with Crippen molar-refractivity contribution in [1.29, 1.82) is 0 Å². The molecule has 9 heteroatoms. The fourth-order valence-electron chi connectivity index (χ4n) is 4.70. The van der Waals surface area contributed by atoms with Crippen molar-refractivity contribution in [3.63, 3.8) is 0 Å². The van der Waals surface area contributed by atoms with E-state index in [4.69, 9.17) is 5.73 Å². The van der Waals surface area contributed by atoms with Gasteiger partial charge in [-0.25, -0.2) is 27.5 Å². The molecule has 3 N–H and O–H groups in total. The van der Waals surface area contributed by atoms with Gasteiger partial charge in [-0.1, -0.05) is 44.4 Å². The number of halogens is 4. The Bertz CT molecular complexity index is 1400. The summed E-state index contributed by atoms with van der Waals surface area (Å²) < 4.78 is 62.1. The monoisotopic (exact) mass is 499 g/mol. The summed E-state index contributed by atoms with van der Waals surface area (Å²) in [4.78, 5) is 9.02. The van der Waals surface area contributed by atoms with Gasteiger partial charge in [-0.15, -0.1) is 0 Å². The number of aromatic nitrogens is 3.